The van der Waals surface area contributed by atoms with E-state index < -0.39 is 0 Å². The van der Waals surface area contributed by atoms with Gasteiger partial charge in [0, 0.05) is 38.4 Å². The van der Waals surface area contributed by atoms with Crippen molar-refractivity contribution in [3.05, 3.63) is 63.3 Å². The van der Waals surface area contributed by atoms with Crippen LogP contribution in [-0.4, -0.2) is 15.8 Å². The lowest BCUT2D eigenvalue weighted by Gasteiger charge is -2.00. The largest absolute Gasteiger partial charge is 0.345 e. The van der Waals surface area contributed by atoms with Crippen molar-refractivity contribution in [1.29, 1.82) is 0 Å². The molecule has 0 fully saturated rings. The van der Waals surface area contributed by atoms with Gasteiger partial charge in [0.15, 0.2) is 5.78 Å². The van der Waals surface area contributed by atoms with Crippen LogP contribution in [0.2, 0.25) is 5.02 Å². The maximum atomic E-state index is 12.4. The highest BCUT2D eigenvalue weighted by Crippen LogP contribution is 2.23. The molecule has 3 rings (SSSR count). The highest BCUT2D eigenvalue weighted by atomic mass is 79.9. The Morgan fingerprint density at radius 3 is 2.74 bits per heavy atom. The molecule has 0 aliphatic rings. The molecule has 3 aromatic rings. The number of halogens is 2. The van der Waals surface area contributed by atoms with E-state index in [0.29, 0.717) is 21.8 Å². The molecule has 0 spiro atoms. The van der Waals surface area contributed by atoms with E-state index in [1.807, 2.05) is 6.07 Å². The Morgan fingerprint density at radius 1 is 1.26 bits per heavy atom. The third-order valence-corrected chi connectivity index (χ3v) is 3.53. The molecule has 0 bridgehead atoms. The third-order valence-electron chi connectivity index (χ3n) is 2.85. The summed E-state index contributed by atoms with van der Waals surface area (Å²) in [7, 11) is 0. The first-order valence-electron chi connectivity index (χ1n) is 5.58. The number of carbonyl (C=O) groups excluding carboxylic acids is 1. The lowest BCUT2D eigenvalue weighted by Crippen LogP contribution is -1.99. The number of nitrogens with one attached hydrogen (secondary N) is 1. The summed E-state index contributed by atoms with van der Waals surface area (Å²) in [6, 6.07) is 8.72. The van der Waals surface area contributed by atoms with Crippen molar-refractivity contribution in [1.82, 2.24) is 9.97 Å². The number of carbonyl (C=O) groups is 1. The maximum absolute atomic E-state index is 12.4. The molecule has 0 saturated carbocycles. The van der Waals surface area contributed by atoms with E-state index in [4.69, 9.17) is 11.6 Å². The standard InChI is InChI=1S/C14H8BrClN2O/c15-9-5-11-12(7-18-14(11)17-6-9)13(19)8-1-3-10(16)4-2-8/h1-7H,(H,17,18). The smallest absolute Gasteiger partial charge is 0.195 e. The number of fused-ring (bicyclic) bond motifs is 1. The summed E-state index contributed by atoms with van der Waals surface area (Å²) in [5, 5.41) is 1.41. The fourth-order valence-corrected chi connectivity index (χ4v) is 2.38. The average molecular weight is 336 g/mol. The summed E-state index contributed by atoms with van der Waals surface area (Å²) in [5.74, 6) is -0.0529. The Balaban J connectivity index is 2.11. The lowest BCUT2D eigenvalue weighted by atomic mass is 10.0. The summed E-state index contributed by atoms with van der Waals surface area (Å²) >= 11 is 9.18. The Kier molecular flexibility index (Phi) is 3.12. The van der Waals surface area contributed by atoms with Crippen LogP contribution in [-0.2, 0) is 0 Å². The SMILES string of the molecule is O=C(c1ccc(Cl)cc1)c1c[nH]c2ncc(Br)cc12. The van der Waals surface area contributed by atoms with Crippen molar-refractivity contribution in [3.8, 4) is 0 Å². The first kappa shape index (κ1) is 12.4. The summed E-state index contributed by atoms with van der Waals surface area (Å²) in [4.78, 5) is 19.7. The van der Waals surface area contributed by atoms with Gasteiger partial charge in [0.2, 0.25) is 0 Å². The van der Waals surface area contributed by atoms with Crippen LogP contribution in [0.3, 0.4) is 0 Å². The number of ketones is 1. The second kappa shape index (κ2) is 4.79. The molecule has 0 aliphatic carbocycles. The van der Waals surface area contributed by atoms with E-state index in [-0.39, 0.29) is 5.78 Å². The molecule has 1 aromatic carbocycles. The van der Waals surface area contributed by atoms with Crippen molar-refractivity contribution < 1.29 is 4.79 Å². The normalized spacial score (nSPS) is 10.8. The van der Waals surface area contributed by atoms with Crippen LogP contribution < -0.4 is 0 Å². The van der Waals surface area contributed by atoms with Crippen LogP contribution in [0.25, 0.3) is 11.0 Å². The molecule has 19 heavy (non-hydrogen) atoms. The van der Waals surface area contributed by atoms with E-state index in [1.165, 1.54) is 0 Å². The van der Waals surface area contributed by atoms with Crippen LogP contribution in [0.1, 0.15) is 15.9 Å². The van der Waals surface area contributed by atoms with Crippen LogP contribution in [0.5, 0.6) is 0 Å². The zero-order valence-corrected chi connectivity index (χ0v) is 12.0. The zero-order chi connectivity index (χ0) is 13.4. The van der Waals surface area contributed by atoms with Gasteiger partial charge in [-0.2, -0.15) is 0 Å². The van der Waals surface area contributed by atoms with E-state index in [1.54, 1.807) is 36.7 Å². The van der Waals surface area contributed by atoms with Gasteiger partial charge in [0.25, 0.3) is 0 Å². The topological polar surface area (TPSA) is 45.8 Å². The first-order chi connectivity index (χ1) is 9.15. The number of aromatic nitrogens is 2. The minimum atomic E-state index is -0.0529. The zero-order valence-electron chi connectivity index (χ0n) is 9.65. The van der Waals surface area contributed by atoms with Gasteiger partial charge in [-0.3, -0.25) is 4.79 Å². The molecular formula is C14H8BrClN2O. The Morgan fingerprint density at radius 2 is 2.00 bits per heavy atom. The van der Waals surface area contributed by atoms with Crippen LogP contribution in [0.4, 0.5) is 0 Å². The Labute approximate surface area is 122 Å². The molecule has 0 saturated heterocycles. The van der Waals surface area contributed by atoms with Crippen molar-refractivity contribution in [2.75, 3.05) is 0 Å². The maximum Gasteiger partial charge on any atom is 0.195 e. The number of hydrogen-bond donors (Lipinski definition) is 1. The molecule has 1 N–H and O–H groups in total. The fourth-order valence-electron chi connectivity index (χ4n) is 1.92. The van der Waals surface area contributed by atoms with E-state index in [0.717, 1.165) is 9.86 Å². The molecule has 0 atom stereocenters. The van der Waals surface area contributed by atoms with Gasteiger partial charge in [0.05, 0.1) is 0 Å². The van der Waals surface area contributed by atoms with E-state index in [9.17, 15) is 4.79 Å². The van der Waals surface area contributed by atoms with Crippen molar-refractivity contribution in [2.24, 2.45) is 0 Å². The van der Waals surface area contributed by atoms with Gasteiger partial charge < -0.3 is 4.98 Å². The molecule has 94 valence electrons. The summed E-state index contributed by atoms with van der Waals surface area (Å²) in [5.41, 5.74) is 1.90. The molecule has 2 aromatic heterocycles. The number of nitrogens with zero attached hydrogens (tertiary/aromatic N) is 1. The highest BCUT2D eigenvalue weighted by Gasteiger charge is 2.14. The minimum Gasteiger partial charge on any atom is -0.345 e. The van der Waals surface area contributed by atoms with Crippen molar-refractivity contribution in [2.45, 2.75) is 0 Å². The average Bonchev–Trinajstić information content (AvgIpc) is 2.81. The van der Waals surface area contributed by atoms with Crippen molar-refractivity contribution in [3.63, 3.8) is 0 Å². The second-order valence-electron chi connectivity index (χ2n) is 4.09. The number of hydrogen-bond acceptors (Lipinski definition) is 2. The quantitative estimate of drug-likeness (QED) is 0.713. The molecule has 3 nitrogen and oxygen atoms in total. The van der Waals surface area contributed by atoms with Crippen LogP contribution in [0.15, 0.2) is 47.2 Å². The molecule has 0 unspecified atom stereocenters. The fraction of sp³-hybridized carbons (Fsp3) is 0. The van der Waals surface area contributed by atoms with E-state index in [2.05, 4.69) is 25.9 Å². The van der Waals surface area contributed by atoms with Crippen LogP contribution in [0, 0.1) is 0 Å². The van der Waals surface area contributed by atoms with Gasteiger partial charge in [-0.15, -0.1) is 0 Å². The number of aromatic amines is 1. The molecule has 0 aliphatic heterocycles. The van der Waals surface area contributed by atoms with E-state index >= 15 is 0 Å². The minimum absolute atomic E-state index is 0.0529. The molecule has 0 radical (unpaired) electrons. The van der Waals surface area contributed by atoms with Gasteiger partial charge in [-0.05, 0) is 46.3 Å². The summed E-state index contributed by atoms with van der Waals surface area (Å²) < 4.78 is 0.838. The number of H-pyrrole nitrogens is 1. The van der Waals surface area contributed by atoms with Gasteiger partial charge in [-0.25, -0.2) is 4.98 Å². The highest BCUT2D eigenvalue weighted by molar-refractivity contribution is 9.10. The summed E-state index contributed by atoms with van der Waals surface area (Å²) in [6.07, 6.45) is 3.37. The summed E-state index contributed by atoms with van der Waals surface area (Å²) in [6.45, 7) is 0. The molecular weight excluding hydrogens is 328 g/mol. The molecule has 5 heteroatoms. The molecule has 0 amide bonds. The molecule has 2 heterocycles. The van der Waals surface area contributed by atoms with Gasteiger partial charge >= 0.3 is 0 Å². The number of pyridine rings is 1. The monoisotopic (exact) mass is 334 g/mol. The third kappa shape index (κ3) is 2.29. The Hall–Kier alpha value is -1.65. The predicted molar refractivity (Wildman–Crippen MR) is 78.7 cm³/mol. The first-order valence-corrected chi connectivity index (χ1v) is 6.75. The van der Waals surface area contributed by atoms with Gasteiger partial charge in [-0.1, -0.05) is 11.6 Å². The number of rotatable bonds is 2. The van der Waals surface area contributed by atoms with Crippen LogP contribution >= 0.6 is 27.5 Å². The number of benzene rings is 1. The second-order valence-corrected chi connectivity index (χ2v) is 5.44. The predicted octanol–water partition coefficient (Wildman–Crippen LogP) is 4.21. The Bertz CT molecular complexity index is 765. The lowest BCUT2D eigenvalue weighted by molar-refractivity contribution is 0.104. The van der Waals surface area contributed by atoms with Crippen molar-refractivity contribution >= 4 is 44.3 Å². The van der Waals surface area contributed by atoms with Gasteiger partial charge in [0.1, 0.15) is 5.65 Å².